The third-order valence-electron chi connectivity index (χ3n) is 3.03. The van der Waals surface area contributed by atoms with Crippen LogP contribution in [0, 0.1) is 11.8 Å². The second-order valence-electron chi connectivity index (χ2n) is 4.56. The summed E-state index contributed by atoms with van der Waals surface area (Å²) in [6.45, 7) is -0.352. The standard InChI is InChI=1S/C14H17NO4S/c16-9-2-4-12-3-1-5-14(11-12)20(18,19)15(8-10-17)13-6-7-13/h1,3,5,11,13,16-17H,6-10H2. The molecule has 2 N–H and O–H groups in total. The SMILES string of the molecule is O=S(=O)(c1cccc(C#CCO)c1)N(CCO)C1CC1. The van der Waals surface area contributed by atoms with Crippen LogP contribution in [0.25, 0.3) is 0 Å². The zero-order chi connectivity index (χ0) is 14.6. The minimum Gasteiger partial charge on any atom is -0.395 e. The Morgan fingerprint density at radius 2 is 2.05 bits per heavy atom. The first-order chi connectivity index (χ1) is 9.59. The van der Waals surface area contributed by atoms with Gasteiger partial charge in [-0.3, -0.25) is 0 Å². The Morgan fingerprint density at radius 1 is 1.30 bits per heavy atom. The molecule has 108 valence electrons. The van der Waals surface area contributed by atoms with E-state index in [1.807, 2.05) is 0 Å². The number of hydrogen-bond acceptors (Lipinski definition) is 4. The van der Waals surface area contributed by atoms with Gasteiger partial charge in [0.05, 0.1) is 11.5 Å². The fraction of sp³-hybridized carbons (Fsp3) is 0.429. The molecule has 0 unspecified atom stereocenters. The van der Waals surface area contributed by atoms with Gasteiger partial charge < -0.3 is 10.2 Å². The van der Waals surface area contributed by atoms with Crippen LogP contribution in [0.5, 0.6) is 0 Å². The largest absolute Gasteiger partial charge is 0.395 e. The van der Waals surface area contributed by atoms with Crippen molar-refractivity contribution in [1.29, 1.82) is 0 Å². The summed E-state index contributed by atoms with van der Waals surface area (Å²) in [5.74, 6) is 5.18. The Labute approximate surface area is 118 Å². The molecule has 0 aliphatic heterocycles. The van der Waals surface area contributed by atoms with E-state index >= 15 is 0 Å². The Hall–Kier alpha value is -1.39. The molecule has 1 aliphatic carbocycles. The van der Waals surface area contributed by atoms with Crippen molar-refractivity contribution < 1.29 is 18.6 Å². The van der Waals surface area contributed by atoms with Gasteiger partial charge in [0.1, 0.15) is 6.61 Å². The lowest BCUT2D eigenvalue weighted by molar-refractivity contribution is 0.250. The Kier molecular flexibility index (Phi) is 4.78. The van der Waals surface area contributed by atoms with E-state index in [1.54, 1.807) is 12.1 Å². The third-order valence-corrected chi connectivity index (χ3v) is 4.97. The van der Waals surface area contributed by atoms with Crippen molar-refractivity contribution in [3.63, 3.8) is 0 Å². The van der Waals surface area contributed by atoms with Gasteiger partial charge in [-0.15, -0.1) is 0 Å². The summed E-state index contributed by atoms with van der Waals surface area (Å²) in [6.07, 6.45) is 1.67. The average Bonchev–Trinajstić information content (AvgIpc) is 3.27. The molecule has 0 saturated heterocycles. The Bertz CT molecular complexity index is 626. The van der Waals surface area contributed by atoms with Gasteiger partial charge in [-0.25, -0.2) is 8.42 Å². The molecule has 1 aromatic rings. The summed E-state index contributed by atoms with van der Waals surface area (Å²) in [5, 5.41) is 17.7. The van der Waals surface area contributed by atoms with Crippen molar-refractivity contribution in [1.82, 2.24) is 4.31 Å². The number of sulfonamides is 1. The van der Waals surface area contributed by atoms with E-state index in [4.69, 9.17) is 10.2 Å². The highest BCUT2D eigenvalue weighted by molar-refractivity contribution is 7.89. The van der Waals surface area contributed by atoms with Crippen LogP contribution in [0.15, 0.2) is 29.2 Å². The molecule has 0 amide bonds. The lowest BCUT2D eigenvalue weighted by Crippen LogP contribution is -2.35. The van der Waals surface area contributed by atoms with E-state index in [0.29, 0.717) is 5.56 Å². The molecule has 0 atom stereocenters. The van der Waals surface area contributed by atoms with Gasteiger partial charge in [0.15, 0.2) is 0 Å². The number of rotatable bonds is 5. The van der Waals surface area contributed by atoms with Crippen molar-refractivity contribution in [2.75, 3.05) is 19.8 Å². The number of aliphatic hydroxyl groups is 2. The monoisotopic (exact) mass is 295 g/mol. The molecule has 1 aliphatic rings. The fourth-order valence-corrected chi connectivity index (χ4v) is 3.69. The predicted octanol–water partition coefficient (Wildman–Crippen LogP) is 0.176. The van der Waals surface area contributed by atoms with Gasteiger partial charge >= 0.3 is 0 Å². The van der Waals surface area contributed by atoms with Crippen molar-refractivity contribution in [3.8, 4) is 11.8 Å². The first-order valence-corrected chi connectivity index (χ1v) is 7.86. The first-order valence-electron chi connectivity index (χ1n) is 6.42. The van der Waals surface area contributed by atoms with Crippen molar-refractivity contribution in [2.45, 2.75) is 23.8 Å². The smallest absolute Gasteiger partial charge is 0.243 e. The Morgan fingerprint density at radius 3 is 2.65 bits per heavy atom. The maximum atomic E-state index is 12.5. The zero-order valence-corrected chi connectivity index (χ0v) is 11.8. The van der Waals surface area contributed by atoms with E-state index < -0.39 is 10.0 Å². The van der Waals surface area contributed by atoms with Gasteiger partial charge in [0.2, 0.25) is 10.0 Å². The summed E-state index contributed by atoms with van der Waals surface area (Å²) in [6, 6.07) is 6.32. The van der Waals surface area contributed by atoms with Crippen LogP contribution in [0.3, 0.4) is 0 Å². The predicted molar refractivity (Wildman–Crippen MR) is 74.4 cm³/mol. The molecule has 6 heteroatoms. The minimum absolute atomic E-state index is 0.000618. The first kappa shape index (κ1) is 15.0. The summed E-state index contributed by atoms with van der Waals surface area (Å²) in [4.78, 5) is 0.169. The average molecular weight is 295 g/mol. The van der Waals surface area contributed by atoms with Gasteiger partial charge in [-0.2, -0.15) is 4.31 Å². The highest BCUT2D eigenvalue weighted by Crippen LogP contribution is 2.31. The van der Waals surface area contributed by atoms with Crippen LogP contribution < -0.4 is 0 Å². The molecule has 0 bridgehead atoms. The van der Waals surface area contributed by atoms with Gasteiger partial charge in [-0.05, 0) is 31.0 Å². The number of nitrogens with zero attached hydrogens (tertiary/aromatic N) is 1. The van der Waals surface area contributed by atoms with E-state index in [9.17, 15) is 8.42 Å². The Balaban J connectivity index is 2.32. The molecule has 1 aromatic carbocycles. The van der Waals surface area contributed by atoms with Crippen molar-refractivity contribution in [2.24, 2.45) is 0 Å². The van der Waals surface area contributed by atoms with Crippen LogP contribution in [-0.4, -0.2) is 48.7 Å². The maximum Gasteiger partial charge on any atom is 0.243 e. The highest BCUT2D eigenvalue weighted by Gasteiger charge is 2.37. The maximum absolute atomic E-state index is 12.5. The normalized spacial score (nSPS) is 14.9. The van der Waals surface area contributed by atoms with Crippen molar-refractivity contribution in [3.05, 3.63) is 29.8 Å². The molecule has 5 nitrogen and oxygen atoms in total. The highest BCUT2D eigenvalue weighted by atomic mass is 32.2. The van der Waals surface area contributed by atoms with Crippen LogP contribution in [-0.2, 0) is 10.0 Å². The molecule has 0 aromatic heterocycles. The second kappa shape index (κ2) is 6.37. The number of hydrogen-bond donors (Lipinski definition) is 2. The zero-order valence-electron chi connectivity index (χ0n) is 11.0. The second-order valence-corrected chi connectivity index (χ2v) is 6.45. The molecular formula is C14H17NO4S. The molecule has 2 rings (SSSR count). The van der Waals surface area contributed by atoms with Crippen LogP contribution in [0.2, 0.25) is 0 Å². The molecule has 0 heterocycles. The summed E-state index contributed by atoms with van der Waals surface area (Å²) >= 11 is 0. The number of benzene rings is 1. The fourth-order valence-electron chi connectivity index (χ4n) is 1.97. The molecule has 1 fully saturated rings. The van der Waals surface area contributed by atoms with Gasteiger partial charge in [-0.1, -0.05) is 17.9 Å². The lowest BCUT2D eigenvalue weighted by atomic mass is 10.2. The van der Waals surface area contributed by atoms with E-state index in [0.717, 1.165) is 12.8 Å². The van der Waals surface area contributed by atoms with E-state index in [1.165, 1.54) is 16.4 Å². The van der Waals surface area contributed by atoms with Crippen LogP contribution in [0.4, 0.5) is 0 Å². The molecule has 0 spiro atoms. The lowest BCUT2D eigenvalue weighted by Gasteiger charge is -2.20. The van der Waals surface area contributed by atoms with E-state index in [-0.39, 0.29) is 30.7 Å². The molecule has 20 heavy (non-hydrogen) atoms. The molecule has 0 radical (unpaired) electrons. The topological polar surface area (TPSA) is 77.8 Å². The molecule has 1 saturated carbocycles. The molecular weight excluding hydrogens is 278 g/mol. The van der Waals surface area contributed by atoms with Crippen LogP contribution >= 0.6 is 0 Å². The number of aliphatic hydroxyl groups excluding tert-OH is 2. The van der Waals surface area contributed by atoms with E-state index in [2.05, 4.69) is 11.8 Å². The summed E-state index contributed by atoms with van der Waals surface area (Å²) < 4.78 is 26.4. The van der Waals surface area contributed by atoms with Crippen molar-refractivity contribution >= 4 is 10.0 Å². The van der Waals surface area contributed by atoms with Crippen LogP contribution in [0.1, 0.15) is 18.4 Å². The van der Waals surface area contributed by atoms with Gasteiger partial charge in [0.25, 0.3) is 0 Å². The summed E-state index contributed by atoms with van der Waals surface area (Å²) in [7, 11) is -3.60. The van der Waals surface area contributed by atoms with Gasteiger partial charge in [0, 0.05) is 18.2 Å². The third kappa shape index (κ3) is 3.38. The quantitative estimate of drug-likeness (QED) is 0.760. The minimum atomic E-state index is -3.60. The summed E-state index contributed by atoms with van der Waals surface area (Å²) in [5.41, 5.74) is 0.542.